The van der Waals surface area contributed by atoms with Crippen LogP contribution in [0.2, 0.25) is 0 Å². The van der Waals surface area contributed by atoms with Gasteiger partial charge in [-0.25, -0.2) is 4.79 Å². The lowest BCUT2D eigenvalue weighted by atomic mass is 10.1. The fraction of sp³-hybridized carbons (Fsp3) is 0.429. The lowest BCUT2D eigenvalue weighted by Crippen LogP contribution is -2.40. The highest BCUT2D eigenvalue weighted by Gasteiger charge is 2.40. The van der Waals surface area contributed by atoms with Gasteiger partial charge in [0.25, 0.3) is 6.23 Å². The number of rotatable bonds is 4. The summed E-state index contributed by atoms with van der Waals surface area (Å²) in [7, 11) is 0. The average molecular weight is 263 g/mol. The summed E-state index contributed by atoms with van der Waals surface area (Å²) in [5.41, 5.74) is 0.889. The Morgan fingerprint density at radius 1 is 1.37 bits per heavy atom. The monoisotopic (exact) mass is 263 g/mol. The summed E-state index contributed by atoms with van der Waals surface area (Å²) in [6.45, 7) is 3.94. The first-order valence-corrected chi connectivity index (χ1v) is 6.25. The van der Waals surface area contributed by atoms with E-state index >= 15 is 0 Å². The average Bonchev–Trinajstić information content (AvgIpc) is 2.79. The van der Waals surface area contributed by atoms with Gasteiger partial charge in [0.1, 0.15) is 12.6 Å². The Labute approximate surface area is 111 Å². The molecule has 1 unspecified atom stereocenters. The largest absolute Gasteiger partial charge is 0.457 e. The molecule has 1 fully saturated rings. The molecule has 0 spiro atoms. The van der Waals surface area contributed by atoms with Crippen molar-refractivity contribution >= 4 is 11.9 Å². The van der Waals surface area contributed by atoms with Gasteiger partial charge in [-0.2, -0.15) is 0 Å². The number of hydrogen-bond donors (Lipinski definition) is 1. The van der Waals surface area contributed by atoms with Crippen molar-refractivity contribution in [3.8, 4) is 0 Å². The maximum atomic E-state index is 11.8. The van der Waals surface area contributed by atoms with Crippen LogP contribution in [0.3, 0.4) is 0 Å². The fourth-order valence-corrected chi connectivity index (χ4v) is 1.84. The molecule has 1 aliphatic rings. The number of carbonyl (C=O) groups is 2. The van der Waals surface area contributed by atoms with Crippen LogP contribution in [0.1, 0.15) is 19.4 Å². The first-order chi connectivity index (χ1) is 9.08. The molecule has 0 aromatic heterocycles. The molecule has 1 N–H and O–H groups in total. The standard InChI is InChI=1S/C14H17NO4/c1-9(2)11-13(16)19-12(15-11)14(17)18-8-10-6-4-3-5-7-10/h3-7,9,11-12,15H,8H2,1-2H3/t11-,12?/m0/s1. The zero-order valence-corrected chi connectivity index (χ0v) is 11.0. The number of esters is 2. The van der Waals surface area contributed by atoms with E-state index in [1.54, 1.807) is 0 Å². The summed E-state index contributed by atoms with van der Waals surface area (Å²) in [5.74, 6) is -0.906. The van der Waals surface area contributed by atoms with Crippen LogP contribution in [-0.2, 0) is 25.7 Å². The number of ether oxygens (including phenoxy) is 2. The lowest BCUT2D eigenvalue weighted by molar-refractivity contribution is -0.163. The first-order valence-electron chi connectivity index (χ1n) is 6.25. The van der Waals surface area contributed by atoms with E-state index in [0.717, 1.165) is 5.56 Å². The topological polar surface area (TPSA) is 64.6 Å². The second-order valence-electron chi connectivity index (χ2n) is 4.80. The summed E-state index contributed by atoms with van der Waals surface area (Å²) >= 11 is 0. The SMILES string of the molecule is CC(C)[C@@H]1NC(C(=O)OCc2ccccc2)OC1=O. The third-order valence-electron chi connectivity index (χ3n) is 2.92. The van der Waals surface area contributed by atoms with Gasteiger partial charge in [-0.05, 0) is 11.5 Å². The van der Waals surface area contributed by atoms with Crippen LogP contribution in [0, 0.1) is 5.92 Å². The fourth-order valence-electron chi connectivity index (χ4n) is 1.84. The van der Waals surface area contributed by atoms with E-state index in [4.69, 9.17) is 9.47 Å². The van der Waals surface area contributed by atoms with Gasteiger partial charge in [-0.3, -0.25) is 10.1 Å². The third-order valence-corrected chi connectivity index (χ3v) is 2.92. The van der Waals surface area contributed by atoms with Crippen LogP contribution in [0.25, 0.3) is 0 Å². The van der Waals surface area contributed by atoms with E-state index < -0.39 is 24.2 Å². The normalized spacial score (nSPS) is 22.4. The van der Waals surface area contributed by atoms with E-state index in [-0.39, 0.29) is 12.5 Å². The maximum Gasteiger partial charge on any atom is 0.363 e. The zero-order valence-electron chi connectivity index (χ0n) is 11.0. The van der Waals surface area contributed by atoms with Crippen LogP contribution in [-0.4, -0.2) is 24.2 Å². The van der Waals surface area contributed by atoms with Crippen molar-refractivity contribution in [2.45, 2.75) is 32.7 Å². The highest BCUT2D eigenvalue weighted by Crippen LogP contribution is 2.14. The molecule has 0 bridgehead atoms. The van der Waals surface area contributed by atoms with E-state index in [2.05, 4.69) is 5.32 Å². The number of carbonyl (C=O) groups excluding carboxylic acids is 2. The maximum absolute atomic E-state index is 11.8. The van der Waals surface area contributed by atoms with Crippen molar-refractivity contribution in [2.75, 3.05) is 0 Å². The minimum absolute atomic E-state index is 0.0689. The van der Waals surface area contributed by atoms with Gasteiger partial charge in [0, 0.05) is 0 Å². The summed E-state index contributed by atoms with van der Waals surface area (Å²) in [6.07, 6.45) is -0.997. The Hall–Kier alpha value is -1.88. The molecule has 102 valence electrons. The molecule has 1 saturated heterocycles. The van der Waals surface area contributed by atoms with Gasteiger partial charge in [0.05, 0.1) is 0 Å². The predicted molar refractivity (Wildman–Crippen MR) is 67.9 cm³/mol. The third kappa shape index (κ3) is 3.32. The van der Waals surface area contributed by atoms with Gasteiger partial charge in [-0.1, -0.05) is 44.2 Å². The van der Waals surface area contributed by atoms with Crippen LogP contribution in [0.15, 0.2) is 30.3 Å². The molecule has 0 aliphatic carbocycles. The van der Waals surface area contributed by atoms with Gasteiger partial charge in [0.2, 0.25) is 0 Å². The van der Waals surface area contributed by atoms with Crippen LogP contribution in [0.4, 0.5) is 0 Å². The minimum atomic E-state index is -0.997. The van der Waals surface area contributed by atoms with E-state index in [1.807, 2.05) is 44.2 Å². The Morgan fingerprint density at radius 3 is 2.63 bits per heavy atom. The Morgan fingerprint density at radius 2 is 2.05 bits per heavy atom. The number of cyclic esters (lactones) is 1. The Balaban J connectivity index is 1.86. The van der Waals surface area contributed by atoms with Gasteiger partial charge >= 0.3 is 11.9 Å². The molecule has 5 heteroatoms. The van der Waals surface area contributed by atoms with Crippen molar-refractivity contribution in [3.05, 3.63) is 35.9 Å². The molecule has 1 aromatic carbocycles. The summed E-state index contributed by atoms with van der Waals surface area (Å²) in [4.78, 5) is 23.3. The van der Waals surface area contributed by atoms with Gasteiger partial charge < -0.3 is 9.47 Å². The number of benzene rings is 1. The van der Waals surface area contributed by atoms with Gasteiger partial charge in [0.15, 0.2) is 0 Å². The summed E-state index contributed by atoms with van der Waals surface area (Å²) in [5, 5.41) is 2.83. The second kappa shape index (κ2) is 5.84. The molecular formula is C14H17NO4. The number of nitrogens with one attached hydrogen (secondary N) is 1. The molecule has 5 nitrogen and oxygen atoms in total. The Bertz CT molecular complexity index is 458. The molecule has 0 amide bonds. The predicted octanol–water partition coefficient (Wildman–Crippen LogP) is 1.23. The van der Waals surface area contributed by atoms with Crippen molar-refractivity contribution in [1.29, 1.82) is 0 Å². The second-order valence-corrected chi connectivity index (χ2v) is 4.80. The Kier molecular flexibility index (Phi) is 4.16. The van der Waals surface area contributed by atoms with Crippen molar-refractivity contribution in [2.24, 2.45) is 5.92 Å². The van der Waals surface area contributed by atoms with E-state index in [9.17, 15) is 9.59 Å². The van der Waals surface area contributed by atoms with Crippen LogP contribution >= 0.6 is 0 Å². The summed E-state index contributed by atoms with van der Waals surface area (Å²) in [6, 6.07) is 8.89. The van der Waals surface area contributed by atoms with Crippen LogP contribution in [0.5, 0.6) is 0 Å². The highest BCUT2D eigenvalue weighted by molar-refractivity contribution is 5.85. The number of hydrogen-bond acceptors (Lipinski definition) is 5. The molecule has 2 atom stereocenters. The highest BCUT2D eigenvalue weighted by atomic mass is 16.6. The molecule has 0 saturated carbocycles. The minimum Gasteiger partial charge on any atom is -0.457 e. The molecule has 1 heterocycles. The lowest BCUT2D eigenvalue weighted by Gasteiger charge is -2.11. The first kappa shape index (κ1) is 13.5. The molecular weight excluding hydrogens is 246 g/mol. The van der Waals surface area contributed by atoms with Crippen molar-refractivity contribution in [3.63, 3.8) is 0 Å². The summed E-state index contributed by atoms with van der Waals surface area (Å²) < 4.78 is 10.1. The zero-order chi connectivity index (χ0) is 13.8. The molecule has 19 heavy (non-hydrogen) atoms. The molecule has 1 aromatic rings. The van der Waals surface area contributed by atoms with Crippen LogP contribution < -0.4 is 5.32 Å². The molecule has 1 aliphatic heterocycles. The quantitative estimate of drug-likeness (QED) is 0.828. The smallest absolute Gasteiger partial charge is 0.363 e. The van der Waals surface area contributed by atoms with Crippen molar-refractivity contribution < 1.29 is 19.1 Å². The van der Waals surface area contributed by atoms with Crippen molar-refractivity contribution in [1.82, 2.24) is 5.32 Å². The van der Waals surface area contributed by atoms with Gasteiger partial charge in [-0.15, -0.1) is 0 Å². The molecule has 2 rings (SSSR count). The van der Waals surface area contributed by atoms with E-state index in [0.29, 0.717) is 0 Å². The molecule has 0 radical (unpaired) electrons. The van der Waals surface area contributed by atoms with E-state index in [1.165, 1.54) is 0 Å².